The summed E-state index contributed by atoms with van der Waals surface area (Å²) in [6, 6.07) is 4.98. The zero-order valence-electron chi connectivity index (χ0n) is 12.5. The molecule has 104 valence electrons. The normalized spacial score (nSPS) is 18.6. The number of nitrogens with one attached hydrogen (secondary N) is 1. The van der Waals surface area contributed by atoms with Crippen molar-refractivity contribution in [2.75, 3.05) is 7.05 Å². The summed E-state index contributed by atoms with van der Waals surface area (Å²) >= 11 is 0. The van der Waals surface area contributed by atoms with E-state index in [-0.39, 0.29) is 0 Å². The molecule has 1 unspecified atom stereocenters. The molecule has 0 amide bonds. The maximum Gasteiger partial charge on any atom is 0.132 e. The molecule has 1 aromatic rings. The SMILES string of the molecule is CNC(c1cc(C)c(C)cc1C)C1CCC(=O)CC1. The fourth-order valence-electron chi connectivity index (χ4n) is 3.26. The molecule has 0 spiro atoms. The van der Waals surface area contributed by atoms with E-state index in [1.165, 1.54) is 22.3 Å². The lowest BCUT2D eigenvalue weighted by atomic mass is 9.79. The minimum Gasteiger partial charge on any atom is -0.313 e. The molecule has 0 aliphatic heterocycles. The van der Waals surface area contributed by atoms with Crippen molar-refractivity contribution < 1.29 is 4.79 Å². The Morgan fingerprint density at radius 3 is 2.21 bits per heavy atom. The van der Waals surface area contributed by atoms with Crippen molar-refractivity contribution in [3.63, 3.8) is 0 Å². The second-order valence-corrected chi connectivity index (χ2v) is 5.94. The lowest BCUT2D eigenvalue weighted by molar-refractivity contribution is -0.121. The van der Waals surface area contributed by atoms with Crippen molar-refractivity contribution in [2.24, 2.45) is 5.92 Å². The molecular weight excluding hydrogens is 234 g/mol. The first-order valence-corrected chi connectivity index (χ1v) is 7.29. The molecule has 1 atom stereocenters. The number of ketones is 1. The van der Waals surface area contributed by atoms with Gasteiger partial charge in [0.05, 0.1) is 0 Å². The minimum absolute atomic E-state index is 0.382. The molecule has 2 rings (SSSR count). The molecule has 2 nitrogen and oxygen atoms in total. The van der Waals surface area contributed by atoms with Crippen LogP contribution in [-0.2, 0) is 4.79 Å². The Kier molecular flexibility index (Phi) is 4.41. The van der Waals surface area contributed by atoms with Crippen LogP contribution in [-0.4, -0.2) is 12.8 Å². The van der Waals surface area contributed by atoms with Crippen molar-refractivity contribution in [1.82, 2.24) is 5.32 Å². The van der Waals surface area contributed by atoms with E-state index in [1.54, 1.807) is 0 Å². The maximum atomic E-state index is 11.4. The Labute approximate surface area is 116 Å². The molecule has 1 fully saturated rings. The Hall–Kier alpha value is -1.15. The molecule has 0 radical (unpaired) electrons. The largest absolute Gasteiger partial charge is 0.313 e. The number of Topliss-reactive ketones (excluding diaryl/α,β-unsaturated/α-hetero) is 1. The molecule has 1 aliphatic rings. The minimum atomic E-state index is 0.382. The monoisotopic (exact) mass is 259 g/mol. The van der Waals surface area contributed by atoms with E-state index in [9.17, 15) is 4.79 Å². The first kappa shape index (κ1) is 14.3. The second kappa shape index (κ2) is 5.87. The van der Waals surface area contributed by atoms with Crippen LogP contribution in [0.4, 0.5) is 0 Å². The maximum absolute atomic E-state index is 11.4. The number of benzene rings is 1. The zero-order valence-corrected chi connectivity index (χ0v) is 12.5. The number of hydrogen-bond donors (Lipinski definition) is 1. The van der Waals surface area contributed by atoms with Gasteiger partial charge in [0.25, 0.3) is 0 Å². The molecule has 2 heteroatoms. The Balaban J connectivity index is 2.26. The van der Waals surface area contributed by atoms with Crippen LogP contribution in [0.1, 0.15) is 54.0 Å². The van der Waals surface area contributed by atoms with Crippen molar-refractivity contribution in [3.05, 3.63) is 34.4 Å². The van der Waals surface area contributed by atoms with Crippen LogP contribution in [0.3, 0.4) is 0 Å². The molecule has 0 aromatic heterocycles. The smallest absolute Gasteiger partial charge is 0.132 e. The highest BCUT2D eigenvalue weighted by Gasteiger charge is 2.27. The fourth-order valence-corrected chi connectivity index (χ4v) is 3.26. The molecule has 19 heavy (non-hydrogen) atoms. The number of rotatable bonds is 3. The summed E-state index contributed by atoms with van der Waals surface area (Å²) in [6.07, 6.45) is 3.56. The first-order valence-electron chi connectivity index (χ1n) is 7.29. The van der Waals surface area contributed by atoms with Gasteiger partial charge in [0, 0.05) is 18.9 Å². The average molecular weight is 259 g/mol. The van der Waals surface area contributed by atoms with Crippen LogP contribution in [0, 0.1) is 26.7 Å². The number of carbonyl (C=O) groups is 1. The summed E-state index contributed by atoms with van der Waals surface area (Å²) in [4.78, 5) is 11.4. The second-order valence-electron chi connectivity index (χ2n) is 5.94. The predicted octanol–water partition coefficient (Wildman–Crippen LogP) is 3.63. The summed E-state index contributed by atoms with van der Waals surface area (Å²) in [5.41, 5.74) is 5.48. The van der Waals surface area contributed by atoms with Crippen LogP contribution >= 0.6 is 0 Å². The van der Waals surface area contributed by atoms with Crippen LogP contribution in [0.25, 0.3) is 0 Å². The van der Waals surface area contributed by atoms with Gasteiger partial charge in [0.1, 0.15) is 5.78 Å². The third-order valence-electron chi connectivity index (χ3n) is 4.59. The van der Waals surface area contributed by atoms with Gasteiger partial charge in [-0.1, -0.05) is 12.1 Å². The van der Waals surface area contributed by atoms with Gasteiger partial charge >= 0.3 is 0 Å². The van der Waals surface area contributed by atoms with E-state index in [0.29, 0.717) is 17.7 Å². The third-order valence-corrected chi connectivity index (χ3v) is 4.59. The topological polar surface area (TPSA) is 29.1 Å². The molecule has 1 aromatic carbocycles. The molecule has 0 bridgehead atoms. The van der Waals surface area contributed by atoms with Crippen LogP contribution < -0.4 is 5.32 Å². The summed E-state index contributed by atoms with van der Waals surface area (Å²) in [5.74, 6) is 1.02. The highest BCUT2D eigenvalue weighted by molar-refractivity contribution is 5.79. The Bertz CT molecular complexity index is 468. The van der Waals surface area contributed by atoms with Crippen LogP contribution in [0.15, 0.2) is 12.1 Å². The third kappa shape index (κ3) is 3.06. The van der Waals surface area contributed by atoms with E-state index < -0.39 is 0 Å². The van der Waals surface area contributed by atoms with Gasteiger partial charge in [0.15, 0.2) is 0 Å². The number of hydrogen-bond acceptors (Lipinski definition) is 2. The Morgan fingerprint density at radius 1 is 1.05 bits per heavy atom. The molecule has 1 N–H and O–H groups in total. The van der Waals surface area contributed by atoms with E-state index in [0.717, 1.165) is 25.7 Å². The summed E-state index contributed by atoms with van der Waals surface area (Å²) in [7, 11) is 2.04. The van der Waals surface area contributed by atoms with Gasteiger partial charge in [-0.15, -0.1) is 0 Å². The fraction of sp³-hybridized carbons (Fsp3) is 0.588. The average Bonchev–Trinajstić information content (AvgIpc) is 2.38. The van der Waals surface area contributed by atoms with E-state index in [4.69, 9.17) is 0 Å². The van der Waals surface area contributed by atoms with Gasteiger partial charge in [-0.2, -0.15) is 0 Å². The number of carbonyl (C=O) groups excluding carboxylic acids is 1. The summed E-state index contributed by atoms with van der Waals surface area (Å²) in [5, 5.41) is 3.48. The van der Waals surface area contributed by atoms with E-state index in [1.807, 2.05) is 7.05 Å². The van der Waals surface area contributed by atoms with Gasteiger partial charge in [0.2, 0.25) is 0 Å². The van der Waals surface area contributed by atoms with Gasteiger partial charge in [-0.05, 0) is 68.8 Å². The van der Waals surface area contributed by atoms with Crippen molar-refractivity contribution in [3.8, 4) is 0 Å². The zero-order chi connectivity index (χ0) is 14.0. The van der Waals surface area contributed by atoms with Gasteiger partial charge in [-0.3, -0.25) is 4.79 Å². The van der Waals surface area contributed by atoms with E-state index in [2.05, 4.69) is 38.2 Å². The molecule has 0 heterocycles. The quantitative estimate of drug-likeness (QED) is 0.898. The summed E-state index contributed by atoms with van der Waals surface area (Å²) < 4.78 is 0. The van der Waals surface area contributed by atoms with Crippen LogP contribution in [0.2, 0.25) is 0 Å². The van der Waals surface area contributed by atoms with Crippen molar-refractivity contribution >= 4 is 5.78 Å². The lowest BCUT2D eigenvalue weighted by Crippen LogP contribution is -2.29. The Morgan fingerprint density at radius 2 is 1.63 bits per heavy atom. The lowest BCUT2D eigenvalue weighted by Gasteiger charge is -2.31. The molecule has 1 saturated carbocycles. The first-order chi connectivity index (χ1) is 9.02. The van der Waals surface area contributed by atoms with Crippen LogP contribution in [0.5, 0.6) is 0 Å². The molecule has 1 aliphatic carbocycles. The molecule has 0 saturated heterocycles. The summed E-state index contributed by atoms with van der Waals surface area (Å²) in [6.45, 7) is 6.54. The predicted molar refractivity (Wildman–Crippen MR) is 79.4 cm³/mol. The van der Waals surface area contributed by atoms with Gasteiger partial charge < -0.3 is 5.32 Å². The van der Waals surface area contributed by atoms with Crippen molar-refractivity contribution in [1.29, 1.82) is 0 Å². The highest BCUT2D eigenvalue weighted by Crippen LogP contribution is 2.35. The molecular formula is C17H25NO. The highest BCUT2D eigenvalue weighted by atomic mass is 16.1. The van der Waals surface area contributed by atoms with Gasteiger partial charge in [-0.25, -0.2) is 0 Å². The number of aryl methyl sites for hydroxylation is 3. The van der Waals surface area contributed by atoms with Crippen molar-refractivity contribution in [2.45, 2.75) is 52.5 Å². The van der Waals surface area contributed by atoms with E-state index >= 15 is 0 Å². The standard InChI is InChI=1S/C17H25NO/c1-11-9-13(3)16(10-12(11)2)17(18-4)14-5-7-15(19)8-6-14/h9-10,14,17-18H,5-8H2,1-4H3.